The van der Waals surface area contributed by atoms with E-state index in [2.05, 4.69) is 30.1 Å². The zero-order valence-corrected chi connectivity index (χ0v) is 23.9. The highest BCUT2D eigenvalue weighted by Crippen LogP contribution is 2.33. The van der Waals surface area contributed by atoms with Crippen molar-refractivity contribution in [1.29, 1.82) is 0 Å². The van der Waals surface area contributed by atoms with Crippen LogP contribution in [0.5, 0.6) is 11.6 Å². The number of pyridine rings is 1. The topological polar surface area (TPSA) is 104 Å². The molecule has 3 aromatic rings. The minimum absolute atomic E-state index is 0.133. The maximum atomic E-state index is 15.9. The van der Waals surface area contributed by atoms with Crippen LogP contribution in [0.3, 0.4) is 0 Å². The molecule has 0 spiro atoms. The van der Waals surface area contributed by atoms with Gasteiger partial charge in [0.25, 0.3) is 5.88 Å². The Kier molecular flexibility index (Phi) is 8.26. The third-order valence-electron chi connectivity index (χ3n) is 8.05. The number of anilines is 1. The molecule has 9 nitrogen and oxygen atoms in total. The molecule has 2 aromatic heterocycles. The van der Waals surface area contributed by atoms with E-state index in [1.807, 2.05) is 0 Å². The Hall–Kier alpha value is -3.05. The first-order valence-electron chi connectivity index (χ1n) is 13.9. The molecule has 216 valence electrons. The first kappa shape index (κ1) is 28.1. The molecular weight excluding hydrogens is 570 g/mol. The highest BCUT2D eigenvalue weighted by atomic mass is 35.5. The second-order valence-corrected chi connectivity index (χ2v) is 12.0. The van der Waals surface area contributed by atoms with Gasteiger partial charge in [0.05, 0.1) is 18.1 Å². The lowest BCUT2D eigenvalue weighted by Crippen LogP contribution is -2.51. The van der Waals surface area contributed by atoms with Crippen LogP contribution in [0.25, 0.3) is 11.3 Å². The average molecular weight is 602 g/mol. The van der Waals surface area contributed by atoms with E-state index in [1.165, 1.54) is 0 Å². The number of hydrogen-bond acceptors (Lipinski definition) is 8. The molecule has 41 heavy (non-hydrogen) atoms. The Labute approximate surface area is 247 Å². The van der Waals surface area contributed by atoms with Gasteiger partial charge < -0.3 is 20.1 Å². The number of benzene rings is 1. The molecule has 0 radical (unpaired) electrons. The van der Waals surface area contributed by atoms with Gasteiger partial charge in [0.15, 0.2) is 11.6 Å². The molecule has 2 N–H and O–H groups in total. The predicted molar refractivity (Wildman–Crippen MR) is 154 cm³/mol. The van der Waals surface area contributed by atoms with Gasteiger partial charge in [-0.15, -0.1) is 0 Å². The second kappa shape index (κ2) is 12.1. The first-order chi connectivity index (χ1) is 19.8. The lowest BCUT2D eigenvalue weighted by molar-refractivity contribution is -0.138. The summed E-state index contributed by atoms with van der Waals surface area (Å²) in [6.45, 7) is 3.39. The minimum atomic E-state index is -0.785. The zero-order chi connectivity index (χ0) is 28.5. The summed E-state index contributed by atoms with van der Waals surface area (Å²) in [5, 5.41) is 13.6. The van der Waals surface area contributed by atoms with Crippen molar-refractivity contribution >= 4 is 35.1 Å². The van der Waals surface area contributed by atoms with Gasteiger partial charge in [-0.05, 0) is 69.0 Å². The van der Waals surface area contributed by atoms with Crippen LogP contribution in [-0.4, -0.2) is 69.2 Å². The fraction of sp³-hybridized carbons (Fsp3) is 0.448. The normalized spacial score (nSPS) is 21.3. The number of likely N-dealkylation sites (tertiary alicyclic amines) is 1. The van der Waals surface area contributed by atoms with Crippen molar-refractivity contribution in [3.05, 3.63) is 58.1 Å². The lowest BCUT2D eigenvalue weighted by atomic mass is 9.93. The van der Waals surface area contributed by atoms with Gasteiger partial charge in [0.2, 0.25) is 5.95 Å². The summed E-state index contributed by atoms with van der Waals surface area (Å²) in [5.74, 6) is -0.512. The number of carboxylic acids is 1. The highest BCUT2D eigenvalue weighted by molar-refractivity contribution is 6.35. The molecule has 12 heteroatoms. The average Bonchev–Trinajstić information content (AvgIpc) is 3.28. The van der Waals surface area contributed by atoms with Crippen molar-refractivity contribution < 1.29 is 19.0 Å². The highest BCUT2D eigenvalue weighted by Gasteiger charge is 2.33. The lowest BCUT2D eigenvalue weighted by Gasteiger charge is -2.32. The fourth-order valence-electron chi connectivity index (χ4n) is 6.02. The van der Waals surface area contributed by atoms with E-state index in [-0.39, 0.29) is 24.0 Å². The van der Waals surface area contributed by atoms with Crippen molar-refractivity contribution in [1.82, 2.24) is 25.2 Å². The van der Waals surface area contributed by atoms with E-state index in [4.69, 9.17) is 33.0 Å². The molecule has 0 saturated carbocycles. The molecule has 3 saturated heterocycles. The molecule has 3 aliphatic heterocycles. The number of ether oxygens (including phenoxy) is 1. The number of piperidine rings is 1. The standard InChI is InChI=1S/C29H31Cl2FN6O3/c30-20-8-18(9-21(31)11-20)25-10-19(14-37-5-3-17(4-6-37)7-26(39)40)27(32)28(36-25)41-24-12-33-29(34-13-24)38-15-22-1-2-23(16-38)35-22/h8-13,17,22-23,35H,1-7,14-16H2,(H,39,40). The number of nitrogens with zero attached hydrogens (tertiary/aromatic N) is 5. The second-order valence-electron chi connectivity index (χ2n) is 11.1. The smallest absolute Gasteiger partial charge is 0.303 e. The summed E-state index contributed by atoms with van der Waals surface area (Å²) in [4.78, 5) is 28.9. The van der Waals surface area contributed by atoms with E-state index < -0.39 is 11.8 Å². The van der Waals surface area contributed by atoms with Crippen LogP contribution in [0.15, 0.2) is 36.7 Å². The van der Waals surface area contributed by atoms with Gasteiger partial charge >= 0.3 is 5.97 Å². The Morgan fingerprint density at radius 3 is 2.32 bits per heavy atom. The number of nitrogens with one attached hydrogen (secondary N) is 1. The summed E-state index contributed by atoms with van der Waals surface area (Å²) in [7, 11) is 0. The van der Waals surface area contributed by atoms with Gasteiger partial charge in [-0.2, -0.15) is 0 Å². The van der Waals surface area contributed by atoms with Gasteiger partial charge in [0, 0.05) is 59.3 Å². The monoisotopic (exact) mass is 600 g/mol. The van der Waals surface area contributed by atoms with Crippen molar-refractivity contribution in [3.8, 4) is 22.9 Å². The van der Waals surface area contributed by atoms with Crippen LogP contribution in [0.4, 0.5) is 10.3 Å². The molecule has 6 rings (SSSR count). The molecule has 1 aromatic carbocycles. The number of rotatable bonds is 8. The molecule has 5 heterocycles. The number of carbonyl (C=O) groups is 1. The molecule has 3 aliphatic rings. The largest absolute Gasteiger partial charge is 0.481 e. The van der Waals surface area contributed by atoms with E-state index >= 15 is 4.39 Å². The van der Waals surface area contributed by atoms with Crippen molar-refractivity contribution in [2.75, 3.05) is 31.1 Å². The molecular formula is C29H31Cl2FN6O3. The number of piperazine rings is 1. The van der Waals surface area contributed by atoms with E-state index in [1.54, 1.807) is 36.7 Å². The maximum Gasteiger partial charge on any atom is 0.303 e. The third-order valence-corrected chi connectivity index (χ3v) is 8.49. The summed E-state index contributed by atoms with van der Waals surface area (Å²) in [5.41, 5.74) is 1.51. The van der Waals surface area contributed by atoms with Crippen LogP contribution in [-0.2, 0) is 11.3 Å². The van der Waals surface area contributed by atoms with Gasteiger partial charge in [-0.25, -0.2) is 19.3 Å². The fourth-order valence-corrected chi connectivity index (χ4v) is 6.55. The van der Waals surface area contributed by atoms with Gasteiger partial charge in [0.1, 0.15) is 0 Å². The number of halogens is 3. The third kappa shape index (κ3) is 6.72. The van der Waals surface area contributed by atoms with Crippen molar-refractivity contribution in [3.63, 3.8) is 0 Å². The summed E-state index contributed by atoms with van der Waals surface area (Å²) >= 11 is 12.5. The molecule has 0 amide bonds. The molecule has 2 unspecified atom stereocenters. The quantitative estimate of drug-likeness (QED) is 0.351. The van der Waals surface area contributed by atoms with Crippen LogP contribution < -0.4 is 15.0 Å². The number of carboxylic acid groups (broad SMARTS) is 1. The molecule has 2 bridgehead atoms. The van der Waals surface area contributed by atoms with Gasteiger partial charge in [-0.1, -0.05) is 23.2 Å². The van der Waals surface area contributed by atoms with Crippen LogP contribution in [0.1, 0.15) is 37.7 Å². The SMILES string of the molecule is O=C(O)CC1CCN(Cc2cc(-c3cc(Cl)cc(Cl)c3)nc(Oc3cnc(N4CC5CCC(C4)N5)nc3)c2F)CC1. The van der Waals surface area contributed by atoms with E-state index in [0.717, 1.165) is 38.8 Å². The zero-order valence-electron chi connectivity index (χ0n) is 22.4. The number of aromatic nitrogens is 3. The van der Waals surface area contributed by atoms with Crippen LogP contribution in [0, 0.1) is 11.7 Å². The van der Waals surface area contributed by atoms with Gasteiger partial charge in [-0.3, -0.25) is 9.69 Å². The summed E-state index contributed by atoms with van der Waals surface area (Å²) < 4.78 is 21.8. The maximum absolute atomic E-state index is 15.9. The summed E-state index contributed by atoms with van der Waals surface area (Å²) in [6, 6.07) is 7.66. The number of fused-ring (bicyclic) bond motifs is 2. The minimum Gasteiger partial charge on any atom is -0.481 e. The molecule has 3 fully saturated rings. The van der Waals surface area contributed by atoms with E-state index in [0.29, 0.717) is 64.5 Å². The van der Waals surface area contributed by atoms with Crippen molar-refractivity contribution in [2.45, 2.75) is 50.7 Å². The Balaban J connectivity index is 1.24. The van der Waals surface area contributed by atoms with Crippen molar-refractivity contribution in [2.24, 2.45) is 5.92 Å². The number of aliphatic carboxylic acids is 1. The predicted octanol–water partition coefficient (Wildman–Crippen LogP) is 5.40. The Bertz CT molecular complexity index is 1390. The van der Waals surface area contributed by atoms with Crippen LogP contribution >= 0.6 is 23.2 Å². The number of hydrogen-bond donors (Lipinski definition) is 2. The Morgan fingerprint density at radius 1 is 1.02 bits per heavy atom. The Morgan fingerprint density at radius 2 is 1.68 bits per heavy atom. The van der Waals surface area contributed by atoms with E-state index in [9.17, 15) is 4.79 Å². The van der Waals surface area contributed by atoms with Crippen LogP contribution in [0.2, 0.25) is 10.0 Å². The molecule has 0 aliphatic carbocycles. The summed E-state index contributed by atoms with van der Waals surface area (Å²) in [6.07, 6.45) is 7.06. The first-order valence-corrected chi connectivity index (χ1v) is 14.7. The molecule has 2 atom stereocenters.